The van der Waals surface area contributed by atoms with Gasteiger partial charge in [-0.25, -0.2) is 0 Å². The van der Waals surface area contributed by atoms with Gasteiger partial charge in [-0.05, 0) is 76.2 Å². The molecule has 5 rings (SSSR count). The molecule has 0 bridgehead atoms. The molecule has 0 aromatic heterocycles. The number of allylic oxidation sites excluding steroid dienone is 4. The van der Waals surface area contributed by atoms with E-state index in [2.05, 4.69) is 146 Å². The van der Waals surface area contributed by atoms with Gasteiger partial charge in [-0.3, -0.25) is 0 Å². The fraction of sp³-hybridized carbons (Fsp3) is 0.128. The Morgan fingerprint density at radius 3 is 2.05 bits per heavy atom. The maximum absolute atomic E-state index is 6.89. The van der Waals surface area contributed by atoms with Crippen molar-refractivity contribution < 1.29 is 0 Å². The summed E-state index contributed by atoms with van der Waals surface area (Å²) < 4.78 is 0. The summed E-state index contributed by atoms with van der Waals surface area (Å²) >= 11 is 0. The minimum absolute atomic E-state index is 0.297. The van der Waals surface area contributed by atoms with Gasteiger partial charge in [-0.1, -0.05) is 139 Å². The summed E-state index contributed by atoms with van der Waals surface area (Å²) in [4.78, 5) is 2.18. The van der Waals surface area contributed by atoms with Gasteiger partial charge in [0.15, 0.2) is 0 Å². The van der Waals surface area contributed by atoms with Gasteiger partial charge in [0, 0.05) is 12.7 Å². The molecule has 0 heterocycles. The third-order valence-corrected chi connectivity index (χ3v) is 7.74. The zero-order chi connectivity index (χ0) is 29.3. The minimum Gasteiger partial charge on any atom is -0.405 e. The van der Waals surface area contributed by atoms with Crippen LogP contribution in [0.15, 0.2) is 146 Å². The molecule has 0 saturated carbocycles. The van der Waals surface area contributed by atoms with E-state index in [-0.39, 0.29) is 6.17 Å². The Morgan fingerprint density at radius 1 is 0.714 bits per heavy atom. The van der Waals surface area contributed by atoms with Crippen LogP contribution in [0.5, 0.6) is 0 Å². The van der Waals surface area contributed by atoms with Crippen LogP contribution in [0.4, 0.5) is 0 Å². The van der Waals surface area contributed by atoms with Crippen LogP contribution >= 0.6 is 0 Å². The van der Waals surface area contributed by atoms with Crippen LogP contribution in [0.1, 0.15) is 34.0 Å². The summed E-state index contributed by atoms with van der Waals surface area (Å²) in [5, 5.41) is 2.51. The second kappa shape index (κ2) is 13.7. The lowest BCUT2D eigenvalue weighted by molar-refractivity contribution is 0.364. The number of benzene rings is 5. The van der Waals surface area contributed by atoms with Crippen molar-refractivity contribution in [3.63, 3.8) is 0 Å². The lowest BCUT2D eigenvalue weighted by Gasteiger charge is -2.30. The molecule has 0 aliphatic carbocycles. The predicted octanol–water partition coefficient (Wildman–Crippen LogP) is 8.56. The molecule has 5 aromatic carbocycles. The molecular formula is C39H39N3. The van der Waals surface area contributed by atoms with E-state index in [1.807, 2.05) is 12.2 Å². The quantitative estimate of drug-likeness (QED) is 0.136. The maximum atomic E-state index is 6.89. The first-order valence-electron chi connectivity index (χ1n) is 14.5. The number of hydrogen-bond donors (Lipinski definition) is 2. The van der Waals surface area contributed by atoms with Crippen LogP contribution < -0.4 is 11.5 Å². The second-order valence-electron chi connectivity index (χ2n) is 10.7. The Labute approximate surface area is 250 Å². The van der Waals surface area contributed by atoms with Gasteiger partial charge in [0.05, 0.1) is 0 Å². The van der Waals surface area contributed by atoms with Gasteiger partial charge in [-0.15, -0.1) is 0 Å². The number of nitrogens with two attached hydrogens (primary N) is 2. The SMILES string of the molecule is Cc1ccc(-c2ccc(/C(=C/Cc3ccc4ccccc4c3)N(C)C(N)c3ccc(C/C=C\C=C/N)cc3)cc2)cc1. The van der Waals surface area contributed by atoms with Crippen LogP contribution in [-0.2, 0) is 12.8 Å². The van der Waals surface area contributed by atoms with Gasteiger partial charge in [0.2, 0.25) is 0 Å². The first-order valence-corrected chi connectivity index (χ1v) is 14.5. The van der Waals surface area contributed by atoms with Gasteiger partial charge < -0.3 is 16.4 Å². The lowest BCUT2D eigenvalue weighted by atomic mass is 9.99. The van der Waals surface area contributed by atoms with E-state index in [0.29, 0.717) is 0 Å². The Balaban J connectivity index is 1.42. The average molecular weight is 550 g/mol. The predicted molar refractivity (Wildman–Crippen MR) is 180 cm³/mol. The fourth-order valence-corrected chi connectivity index (χ4v) is 5.20. The number of fused-ring (bicyclic) bond motifs is 1. The zero-order valence-electron chi connectivity index (χ0n) is 24.4. The number of rotatable bonds is 10. The molecule has 0 amide bonds. The molecule has 210 valence electrons. The van der Waals surface area contributed by atoms with Gasteiger partial charge in [0.25, 0.3) is 0 Å². The standard InChI is InChI=1S/C39H39N3/c1-29-11-17-33(18-12-29)34-22-24-35(25-23-34)38(26-16-31-15-19-32-9-5-6-10-37(32)28-31)42(2)39(41)36-20-13-30(14-21-36)8-4-3-7-27-40/h3-7,9-15,17-28,39H,8,16,40-41H2,1-2H3/b4-3-,27-7-,38-26-. The van der Waals surface area contributed by atoms with Crippen molar-refractivity contribution in [3.8, 4) is 11.1 Å². The zero-order valence-corrected chi connectivity index (χ0v) is 24.4. The lowest BCUT2D eigenvalue weighted by Crippen LogP contribution is -2.30. The molecule has 4 N–H and O–H groups in total. The molecule has 3 nitrogen and oxygen atoms in total. The number of hydrogen-bond acceptors (Lipinski definition) is 3. The summed E-state index contributed by atoms with van der Waals surface area (Å²) in [6.45, 7) is 2.12. The maximum Gasteiger partial charge on any atom is 0.103 e. The normalized spacial score (nSPS) is 12.8. The van der Waals surface area contributed by atoms with Crippen molar-refractivity contribution in [3.05, 3.63) is 174 Å². The van der Waals surface area contributed by atoms with E-state index < -0.39 is 0 Å². The van der Waals surface area contributed by atoms with Crippen LogP contribution in [0.3, 0.4) is 0 Å². The van der Waals surface area contributed by atoms with Crippen molar-refractivity contribution in [2.75, 3.05) is 7.05 Å². The van der Waals surface area contributed by atoms with E-state index in [9.17, 15) is 0 Å². The summed E-state index contributed by atoms with van der Waals surface area (Å²) in [6.07, 6.45) is 11.1. The van der Waals surface area contributed by atoms with Gasteiger partial charge >= 0.3 is 0 Å². The molecule has 1 unspecified atom stereocenters. The second-order valence-corrected chi connectivity index (χ2v) is 10.7. The molecule has 0 fully saturated rings. The largest absolute Gasteiger partial charge is 0.405 e. The topological polar surface area (TPSA) is 55.3 Å². The third-order valence-electron chi connectivity index (χ3n) is 7.74. The first-order chi connectivity index (χ1) is 20.5. The van der Waals surface area contributed by atoms with Crippen molar-refractivity contribution >= 4 is 16.5 Å². The highest BCUT2D eigenvalue weighted by molar-refractivity contribution is 5.83. The highest BCUT2D eigenvalue weighted by Crippen LogP contribution is 2.29. The van der Waals surface area contributed by atoms with Gasteiger partial charge in [0.1, 0.15) is 6.17 Å². The molecule has 5 aromatic rings. The number of nitrogens with zero attached hydrogens (tertiary/aromatic N) is 1. The Morgan fingerprint density at radius 2 is 1.36 bits per heavy atom. The third kappa shape index (κ3) is 7.06. The van der Waals surface area contributed by atoms with Crippen molar-refractivity contribution in [2.24, 2.45) is 11.5 Å². The van der Waals surface area contributed by atoms with Crippen molar-refractivity contribution in [1.29, 1.82) is 0 Å². The Hall–Kier alpha value is -4.86. The number of aryl methyl sites for hydroxylation is 1. The van der Waals surface area contributed by atoms with E-state index in [1.165, 1.54) is 44.8 Å². The molecule has 0 saturated heterocycles. The molecule has 0 aliphatic rings. The summed E-state index contributed by atoms with van der Waals surface area (Å²) in [5.74, 6) is 0. The van der Waals surface area contributed by atoms with Crippen LogP contribution in [0, 0.1) is 6.92 Å². The molecule has 3 heteroatoms. The van der Waals surface area contributed by atoms with Crippen molar-refractivity contribution in [2.45, 2.75) is 25.9 Å². The van der Waals surface area contributed by atoms with E-state index in [4.69, 9.17) is 11.5 Å². The van der Waals surface area contributed by atoms with Crippen molar-refractivity contribution in [1.82, 2.24) is 4.90 Å². The molecule has 0 aliphatic heterocycles. The minimum atomic E-state index is -0.297. The highest BCUT2D eigenvalue weighted by atomic mass is 15.2. The first kappa shape index (κ1) is 28.7. The summed E-state index contributed by atoms with van der Waals surface area (Å²) in [7, 11) is 2.08. The van der Waals surface area contributed by atoms with E-state index in [0.717, 1.165) is 29.7 Å². The van der Waals surface area contributed by atoms with E-state index >= 15 is 0 Å². The fourth-order valence-electron chi connectivity index (χ4n) is 5.20. The summed E-state index contributed by atoms with van der Waals surface area (Å²) in [5.41, 5.74) is 21.8. The molecular weight excluding hydrogens is 510 g/mol. The van der Waals surface area contributed by atoms with Crippen LogP contribution in [0.25, 0.3) is 27.6 Å². The molecule has 0 radical (unpaired) electrons. The average Bonchev–Trinajstić information content (AvgIpc) is 3.03. The molecule has 1 atom stereocenters. The van der Waals surface area contributed by atoms with E-state index in [1.54, 1.807) is 0 Å². The van der Waals surface area contributed by atoms with Gasteiger partial charge in [-0.2, -0.15) is 0 Å². The Bertz CT molecular complexity index is 1690. The smallest absolute Gasteiger partial charge is 0.103 e. The summed E-state index contributed by atoms with van der Waals surface area (Å²) in [6, 6.07) is 41.2. The van der Waals surface area contributed by atoms with Crippen LogP contribution in [0.2, 0.25) is 0 Å². The molecule has 42 heavy (non-hydrogen) atoms. The monoisotopic (exact) mass is 549 g/mol. The molecule has 0 spiro atoms. The van der Waals surface area contributed by atoms with Crippen LogP contribution in [-0.4, -0.2) is 11.9 Å². The Kier molecular flexibility index (Phi) is 9.33. The highest BCUT2D eigenvalue weighted by Gasteiger charge is 2.17.